The van der Waals surface area contributed by atoms with Gasteiger partial charge in [0, 0.05) is 37.1 Å². The van der Waals surface area contributed by atoms with E-state index in [1.54, 1.807) is 25.1 Å². The smallest absolute Gasteiger partial charge is 0.174 e. The molecular weight excluding hydrogens is 346 g/mol. The number of anilines is 1. The third kappa shape index (κ3) is 4.11. The van der Waals surface area contributed by atoms with Gasteiger partial charge in [0.05, 0.1) is 18.5 Å². The molecule has 2 heterocycles. The number of ether oxygens (including phenoxy) is 1. The topological polar surface area (TPSA) is 54.7 Å². The molecule has 7 heteroatoms. The molecule has 0 saturated heterocycles. The summed E-state index contributed by atoms with van der Waals surface area (Å²) < 4.78 is 7.61. The Kier molecular flexibility index (Phi) is 6.00. The van der Waals surface area contributed by atoms with Crippen LogP contribution in [0.4, 0.5) is 5.69 Å². The first-order valence-corrected chi connectivity index (χ1v) is 9.65. The molecule has 0 amide bonds. The predicted octanol–water partition coefficient (Wildman–Crippen LogP) is 3.49. The molecule has 0 atom stereocenters. The van der Waals surface area contributed by atoms with E-state index in [9.17, 15) is 0 Å². The van der Waals surface area contributed by atoms with Crippen molar-refractivity contribution in [2.24, 2.45) is 0 Å². The SMILES string of the molecule is CCSc1nc(-c2ccc(NCCN(C)C)c(OC)c2)cc2nccn12. The second kappa shape index (κ2) is 8.42. The number of nitrogens with zero attached hydrogens (tertiary/aromatic N) is 4. The maximum absolute atomic E-state index is 5.59. The van der Waals surface area contributed by atoms with Crippen molar-refractivity contribution in [3.05, 3.63) is 36.7 Å². The van der Waals surface area contributed by atoms with Crippen LogP contribution in [0.5, 0.6) is 5.75 Å². The minimum Gasteiger partial charge on any atom is -0.495 e. The molecule has 3 rings (SSSR count). The zero-order valence-corrected chi connectivity index (χ0v) is 16.5. The Morgan fingerprint density at radius 3 is 2.85 bits per heavy atom. The quantitative estimate of drug-likeness (QED) is 0.483. The van der Waals surface area contributed by atoms with E-state index in [2.05, 4.69) is 42.3 Å². The fourth-order valence-corrected chi connectivity index (χ4v) is 3.40. The highest BCUT2D eigenvalue weighted by Crippen LogP contribution is 2.31. The van der Waals surface area contributed by atoms with Crippen LogP contribution in [0.15, 0.2) is 41.8 Å². The largest absolute Gasteiger partial charge is 0.495 e. The summed E-state index contributed by atoms with van der Waals surface area (Å²) in [7, 11) is 5.82. The number of thioether (sulfide) groups is 1. The normalized spacial score (nSPS) is 11.3. The Morgan fingerprint density at radius 2 is 2.12 bits per heavy atom. The van der Waals surface area contributed by atoms with Gasteiger partial charge < -0.3 is 15.0 Å². The Balaban J connectivity index is 1.92. The van der Waals surface area contributed by atoms with Crippen LogP contribution < -0.4 is 10.1 Å². The van der Waals surface area contributed by atoms with Crippen LogP contribution in [-0.4, -0.2) is 59.3 Å². The van der Waals surface area contributed by atoms with E-state index in [4.69, 9.17) is 9.72 Å². The van der Waals surface area contributed by atoms with Crippen molar-refractivity contribution in [2.45, 2.75) is 12.1 Å². The third-order valence-electron chi connectivity index (χ3n) is 4.00. The third-order valence-corrected chi connectivity index (χ3v) is 4.84. The van der Waals surface area contributed by atoms with Crippen LogP contribution >= 0.6 is 11.8 Å². The highest BCUT2D eigenvalue weighted by Gasteiger charge is 2.11. The van der Waals surface area contributed by atoms with Crippen LogP contribution in [0.3, 0.4) is 0 Å². The van der Waals surface area contributed by atoms with Gasteiger partial charge in [-0.1, -0.05) is 24.8 Å². The summed E-state index contributed by atoms with van der Waals surface area (Å²) in [6.45, 7) is 3.94. The highest BCUT2D eigenvalue weighted by molar-refractivity contribution is 7.99. The molecule has 2 aromatic heterocycles. The van der Waals surface area contributed by atoms with E-state index in [1.807, 2.05) is 28.8 Å². The zero-order chi connectivity index (χ0) is 18.5. The second-order valence-electron chi connectivity index (χ2n) is 6.16. The summed E-state index contributed by atoms with van der Waals surface area (Å²) in [5.41, 5.74) is 3.81. The van der Waals surface area contributed by atoms with Crippen LogP contribution in [-0.2, 0) is 0 Å². The van der Waals surface area contributed by atoms with Crippen molar-refractivity contribution in [3.8, 4) is 17.0 Å². The molecular formula is C19H25N5OS. The maximum atomic E-state index is 5.59. The second-order valence-corrected chi connectivity index (χ2v) is 7.39. The summed E-state index contributed by atoms with van der Waals surface area (Å²) >= 11 is 1.71. The Hall–Kier alpha value is -2.25. The maximum Gasteiger partial charge on any atom is 0.174 e. The fraction of sp³-hybridized carbons (Fsp3) is 0.368. The van der Waals surface area contributed by atoms with Gasteiger partial charge >= 0.3 is 0 Å². The van der Waals surface area contributed by atoms with Crippen molar-refractivity contribution in [2.75, 3.05) is 45.4 Å². The van der Waals surface area contributed by atoms with E-state index in [0.29, 0.717) is 0 Å². The van der Waals surface area contributed by atoms with E-state index < -0.39 is 0 Å². The molecule has 0 saturated carbocycles. The first-order valence-electron chi connectivity index (χ1n) is 8.66. The number of hydrogen-bond donors (Lipinski definition) is 1. The fourth-order valence-electron chi connectivity index (χ4n) is 2.68. The molecule has 0 radical (unpaired) electrons. The molecule has 3 aromatic rings. The molecule has 0 aliphatic rings. The van der Waals surface area contributed by atoms with E-state index in [0.717, 1.165) is 52.3 Å². The number of rotatable bonds is 8. The molecule has 138 valence electrons. The minimum absolute atomic E-state index is 0.816. The predicted molar refractivity (Wildman–Crippen MR) is 108 cm³/mol. The Morgan fingerprint density at radius 1 is 1.27 bits per heavy atom. The van der Waals surface area contributed by atoms with Gasteiger partial charge in [-0.3, -0.25) is 4.40 Å². The van der Waals surface area contributed by atoms with Gasteiger partial charge in [0.1, 0.15) is 11.4 Å². The summed E-state index contributed by atoms with van der Waals surface area (Å²) in [6, 6.07) is 8.16. The van der Waals surface area contributed by atoms with Gasteiger partial charge in [0.25, 0.3) is 0 Å². The van der Waals surface area contributed by atoms with Crippen molar-refractivity contribution in [1.82, 2.24) is 19.3 Å². The molecule has 0 fully saturated rings. The first kappa shape index (κ1) is 18.5. The molecule has 0 unspecified atom stereocenters. The van der Waals surface area contributed by atoms with Crippen molar-refractivity contribution < 1.29 is 4.74 Å². The average molecular weight is 372 g/mol. The number of imidazole rings is 1. The first-order chi connectivity index (χ1) is 12.6. The van der Waals surface area contributed by atoms with E-state index >= 15 is 0 Å². The lowest BCUT2D eigenvalue weighted by atomic mass is 10.1. The summed E-state index contributed by atoms with van der Waals surface area (Å²) in [6.07, 6.45) is 3.75. The van der Waals surface area contributed by atoms with Gasteiger partial charge in [-0.15, -0.1) is 0 Å². The lowest BCUT2D eigenvalue weighted by molar-refractivity contribution is 0.413. The van der Waals surface area contributed by atoms with Gasteiger partial charge in [-0.05, 0) is 32.0 Å². The van der Waals surface area contributed by atoms with Crippen molar-refractivity contribution in [3.63, 3.8) is 0 Å². The molecule has 1 aromatic carbocycles. The lowest BCUT2D eigenvalue weighted by Crippen LogP contribution is -2.20. The number of fused-ring (bicyclic) bond motifs is 1. The molecule has 1 N–H and O–H groups in total. The molecule has 26 heavy (non-hydrogen) atoms. The van der Waals surface area contributed by atoms with Gasteiger partial charge in [0.15, 0.2) is 5.16 Å². The monoisotopic (exact) mass is 371 g/mol. The highest BCUT2D eigenvalue weighted by atomic mass is 32.2. The molecule has 0 aliphatic heterocycles. The number of hydrogen-bond acceptors (Lipinski definition) is 6. The van der Waals surface area contributed by atoms with Crippen molar-refractivity contribution in [1.29, 1.82) is 0 Å². The van der Waals surface area contributed by atoms with Crippen LogP contribution in [0.25, 0.3) is 16.9 Å². The van der Waals surface area contributed by atoms with Crippen LogP contribution in [0, 0.1) is 0 Å². The summed E-state index contributed by atoms with van der Waals surface area (Å²) in [5, 5.41) is 4.37. The number of aromatic nitrogens is 3. The molecule has 6 nitrogen and oxygen atoms in total. The molecule has 0 bridgehead atoms. The van der Waals surface area contributed by atoms with Gasteiger partial charge in [-0.25, -0.2) is 9.97 Å². The van der Waals surface area contributed by atoms with Gasteiger partial charge in [-0.2, -0.15) is 0 Å². The number of benzene rings is 1. The Bertz CT molecular complexity index is 877. The lowest BCUT2D eigenvalue weighted by Gasteiger charge is -2.15. The number of likely N-dealkylation sites (N-methyl/N-ethyl adjacent to an activating group) is 1. The van der Waals surface area contributed by atoms with Crippen LogP contribution in [0.2, 0.25) is 0 Å². The molecule has 0 aliphatic carbocycles. The summed E-state index contributed by atoms with van der Waals surface area (Å²) in [5.74, 6) is 1.78. The summed E-state index contributed by atoms with van der Waals surface area (Å²) in [4.78, 5) is 11.4. The Labute approximate surface area is 158 Å². The van der Waals surface area contributed by atoms with E-state index in [1.165, 1.54) is 0 Å². The van der Waals surface area contributed by atoms with E-state index in [-0.39, 0.29) is 0 Å². The molecule has 0 spiro atoms. The average Bonchev–Trinajstić information content (AvgIpc) is 3.10. The minimum atomic E-state index is 0.816. The number of nitrogens with one attached hydrogen (secondary N) is 1. The van der Waals surface area contributed by atoms with Gasteiger partial charge in [0.2, 0.25) is 0 Å². The number of methoxy groups -OCH3 is 1. The van der Waals surface area contributed by atoms with Crippen LogP contribution in [0.1, 0.15) is 6.92 Å². The standard InChI is InChI=1S/C19H25N5OS/c1-5-26-19-22-16(13-18-21-9-11-24(18)19)14-6-7-15(17(12-14)25-4)20-8-10-23(2)3/h6-7,9,11-13,20H,5,8,10H2,1-4H3. The van der Waals surface area contributed by atoms with Crippen molar-refractivity contribution >= 4 is 23.1 Å². The zero-order valence-electron chi connectivity index (χ0n) is 15.7.